The van der Waals surface area contributed by atoms with Gasteiger partial charge >= 0.3 is 0 Å². The number of hydrogen-bond donors (Lipinski definition) is 2. The zero-order valence-electron chi connectivity index (χ0n) is 4.22. The summed E-state index contributed by atoms with van der Waals surface area (Å²) in [6, 6.07) is 1.84. The molecule has 0 unspecified atom stereocenters. The van der Waals surface area contributed by atoms with Crippen LogP contribution >= 0.6 is 12.2 Å². The molecular weight excluding hydrogens is 120 g/mol. The normalized spacial score (nSPS) is 9.00. The van der Waals surface area contributed by atoms with Crippen LogP contribution in [0.15, 0.2) is 18.5 Å². The lowest BCUT2D eigenvalue weighted by atomic mass is 10.3. The Hall–Kier alpha value is -0.830. The molecule has 0 saturated carbocycles. The highest BCUT2D eigenvalue weighted by molar-refractivity contribution is 7.80. The van der Waals surface area contributed by atoms with Crippen LogP contribution in [0.3, 0.4) is 0 Å². The van der Waals surface area contributed by atoms with Gasteiger partial charge in [-0.05, 0) is 6.07 Å². The van der Waals surface area contributed by atoms with E-state index >= 15 is 0 Å². The van der Waals surface area contributed by atoms with Gasteiger partial charge < -0.3 is 10.7 Å². The van der Waals surface area contributed by atoms with Gasteiger partial charge in [0.15, 0.2) is 0 Å². The van der Waals surface area contributed by atoms with E-state index in [0.29, 0.717) is 4.99 Å². The first kappa shape index (κ1) is 5.31. The Balaban J connectivity index is 2.93. The number of thiocarbonyl (C=S) groups is 1. The molecule has 0 atom stereocenters. The molecule has 1 heterocycles. The highest BCUT2D eigenvalue weighted by Gasteiger charge is 1.90. The molecule has 1 rings (SSSR count). The fourth-order valence-electron chi connectivity index (χ4n) is 0.477. The molecule has 0 aliphatic carbocycles. The Kier molecular flexibility index (Phi) is 1.30. The third-order valence-corrected chi connectivity index (χ3v) is 1.12. The van der Waals surface area contributed by atoms with E-state index in [-0.39, 0.29) is 0 Å². The maximum Gasteiger partial charge on any atom is 0.105 e. The van der Waals surface area contributed by atoms with Crippen molar-refractivity contribution < 1.29 is 0 Å². The number of aromatic nitrogens is 1. The molecule has 1 aromatic rings. The number of nitrogens with one attached hydrogen (secondary N) is 1. The van der Waals surface area contributed by atoms with Crippen LogP contribution in [0.5, 0.6) is 0 Å². The molecule has 0 fully saturated rings. The van der Waals surface area contributed by atoms with Crippen LogP contribution < -0.4 is 5.73 Å². The van der Waals surface area contributed by atoms with Gasteiger partial charge in [-0.2, -0.15) is 0 Å². The molecule has 0 saturated heterocycles. The lowest BCUT2D eigenvalue weighted by Crippen LogP contribution is -2.07. The van der Waals surface area contributed by atoms with Crippen molar-refractivity contribution >= 4 is 17.2 Å². The van der Waals surface area contributed by atoms with Crippen LogP contribution in [0, 0.1) is 0 Å². The Morgan fingerprint density at radius 3 is 2.75 bits per heavy atom. The van der Waals surface area contributed by atoms with E-state index in [2.05, 4.69) is 17.2 Å². The largest absolute Gasteiger partial charge is 0.389 e. The molecule has 1 aromatic heterocycles. The fourth-order valence-corrected chi connectivity index (χ4v) is 0.604. The van der Waals surface area contributed by atoms with Crippen LogP contribution in [0.25, 0.3) is 0 Å². The van der Waals surface area contributed by atoms with Crippen LogP contribution in [0.4, 0.5) is 0 Å². The van der Waals surface area contributed by atoms with Crippen molar-refractivity contribution in [2.75, 3.05) is 0 Å². The van der Waals surface area contributed by atoms with Crippen molar-refractivity contribution in [1.82, 2.24) is 4.98 Å². The Bertz CT molecular complexity index is 178. The predicted octanol–water partition coefficient (Wildman–Crippen LogP) is 0.649. The molecule has 0 amide bonds. The summed E-state index contributed by atoms with van der Waals surface area (Å²) in [4.78, 5) is 3.28. The number of H-pyrrole nitrogens is 1. The molecule has 3 heteroatoms. The highest BCUT2D eigenvalue weighted by Crippen LogP contribution is 1.93. The van der Waals surface area contributed by atoms with E-state index in [1.165, 1.54) is 0 Å². The molecule has 42 valence electrons. The Morgan fingerprint density at radius 1 is 1.75 bits per heavy atom. The van der Waals surface area contributed by atoms with Crippen LogP contribution in [0.2, 0.25) is 0 Å². The van der Waals surface area contributed by atoms with Crippen LogP contribution in [-0.2, 0) is 0 Å². The zero-order valence-corrected chi connectivity index (χ0v) is 5.03. The van der Waals surface area contributed by atoms with Crippen molar-refractivity contribution in [2.45, 2.75) is 0 Å². The van der Waals surface area contributed by atoms with Crippen molar-refractivity contribution in [2.24, 2.45) is 5.73 Å². The molecule has 3 N–H and O–H groups in total. The van der Waals surface area contributed by atoms with Gasteiger partial charge in [-0.25, -0.2) is 0 Å². The van der Waals surface area contributed by atoms with Gasteiger partial charge in [0.1, 0.15) is 4.99 Å². The van der Waals surface area contributed by atoms with Gasteiger partial charge in [-0.15, -0.1) is 0 Å². The van der Waals surface area contributed by atoms with Gasteiger partial charge in [-0.1, -0.05) is 12.2 Å². The van der Waals surface area contributed by atoms with Crippen molar-refractivity contribution in [3.05, 3.63) is 24.0 Å². The van der Waals surface area contributed by atoms with E-state index in [1.54, 1.807) is 12.4 Å². The van der Waals surface area contributed by atoms with E-state index in [9.17, 15) is 0 Å². The SMILES string of the molecule is NC(=S)c1cc[nH]c1. The number of aromatic amines is 1. The minimum atomic E-state index is 0.436. The molecule has 0 aliphatic heterocycles. The monoisotopic (exact) mass is 126 g/mol. The van der Waals surface area contributed by atoms with Crippen LogP contribution in [-0.4, -0.2) is 9.97 Å². The zero-order chi connectivity index (χ0) is 5.98. The standard InChI is InChI=1S/C5H6N2S/c6-5(8)4-1-2-7-3-4/h1-3,7H,(H2,6,8). The number of nitrogens with two attached hydrogens (primary N) is 1. The van der Waals surface area contributed by atoms with Gasteiger partial charge in [0, 0.05) is 18.0 Å². The number of hydrogen-bond acceptors (Lipinski definition) is 1. The van der Waals surface area contributed by atoms with E-state index in [4.69, 9.17) is 5.73 Å². The van der Waals surface area contributed by atoms with Gasteiger partial charge in [0.05, 0.1) is 0 Å². The summed E-state index contributed by atoms with van der Waals surface area (Å²) in [5, 5.41) is 0. The summed E-state index contributed by atoms with van der Waals surface area (Å²) in [7, 11) is 0. The average Bonchev–Trinajstić information content (AvgIpc) is 2.12. The molecule has 0 radical (unpaired) electrons. The van der Waals surface area contributed by atoms with Gasteiger partial charge in [0.25, 0.3) is 0 Å². The molecule has 8 heavy (non-hydrogen) atoms. The number of rotatable bonds is 1. The third-order valence-electron chi connectivity index (χ3n) is 0.882. The topological polar surface area (TPSA) is 41.8 Å². The molecular formula is C5H6N2S. The third kappa shape index (κ3) is 0.869. The summed E-state index contributed by atoms with van der Waals surface area (Å²) in [6.07, 6.45) is 3.55. The van der Waals surface area contributed by atoms with Crippen LogP contribution in [0.1, 0.15) is 5.56 Å². The van der Waals surface area contributed by atoms with E-state index in [1.807, 2.05) is 6.07 Å². The predicted molar refractivity (Wildman–Crippen MR) is 36.7 cm³/mol. The molecule has 0 bridgehead atoms. The second-order valence-corrected chi connectivity index (χ2v) is 1.90. The minimum Gasteiger partial charge on any atom is -0.389 e. The lowest BCUT2D eigenvalue weighted by molar-refractivity contribution is 1.41. The second kappa shape index (κ2) is 1.96. The summed E-state index contributed by atoms with van der Waals surface area (Å²) < 4.78 is 0. The van der Waals surface area contributed by atoms with Crippen molar-refractivity contribution in [3.63, 3.8) is 0 Å². The van der Waals surface area contributed by atoms with Crippen molar-refractivity contribution in [3.8, 4) is 0 Å². The molecule has 0 aromatic carbocycles. The Labute approximate surface area is 52.7 Å². The first-order valence-corrected chi connectivity index (χ1v) is 2.64. The Morgan fingerprint density at radius 2 is 2.50 bits per heavy atom. The fraction of sp³-hybridized carbons (Fsp3) is 0. The molecule has 2 nitrogen and oxygen atoms in total. The maximum atomic E-state index is 5.27. The second-order valence-electron chi connectivity index (χ2n) is 1.46. The maximum absolute atomic E-state index is 5.27. The summed E-state index contributed by atoms with van der Waals surface area (Å²) in [5.74, 6) is 0. The first-order valence-electron chi connectivity index (χ1n) is 2.23. The summed E-state index contributed by atoms with van der Waals surface area (Å²) in [6.45, 7) is 0. The smallest absolute Gasteiger partial charge is 0.105 e. The molecule has 0 aliphatic rings. The quantitative estimate of drug-likeness (QED) is 0.542. The van der Waals surface area contributed by atoms with E-state index < -0.39 is 0 Å². The summed E-state index contributed by atoms with van der Waals surface area (Å²) in [5.41, 5.74) is 6.16. The molecule has 0 spiro atoms. The van der Waals surface area contributed by atoms with Gasteiger partial charge in [0.2, 0.25) is 0 Å². The highest BCUT2D eigenvalue weighted by atomic mass is 32.1. The van der Waals surface area contributed by atoms with Crippen molar-refractivity contribution in [1.29, 1.82) is 0 Å². The lowest BCUT2D eigenvalue weighted by Gasteiger charge is -1.84. The van der Waals surface area contributed by atoms with E-state index in [0.717, 1.165) is 5.56 Å². The van der Waals surface area contributed by atoms with Gasteiger partial charge in [-0.3, -0.25) is 0 Å². The average molecular weight is 126 g/mol. The first-order chi connectivity index (χ1) is 3.80. The summed E-state index contributed by atoms with van der Waals surface area (Å²) >= 11 is 4.67. The minimum absolute atomic E-state index is 0.436.